The lowest BCUT2D eigenvalue weighted by Crippen LogP contribution is -2.54. The maximum atomic E-state index is 11.5. The summed E-state index contributed by atoms with van der Waals surface area (Å²) in [5, 5.41) is 0. The zero-order valence-electron chi connectivity index (χ0n) is 17.4. The summed E-state index contributed by atoms with van der Waals surface area (Å²) in [7, 11) is 0. The largest absolute Gasteiger partial charge is 0.463 e. The van der Waals surface area contributed by atoms with Gasteiger partial charge in [-0.1, -0.05) is 39.0 Å². The highest BCUT2D eigenvalue weighted by Gasteiger charge is 2.44. The number of carbonyl (C=O) groups is 3. The molecule has 0 amide bonds. The summed E-state index contributed by atoms with van der Waals surface area (Å²) in [5.74, 6) is -1.51. The minimum Gasteiger partial charge on any atom is -0.463 e. The molecule has 0 aromatic heterocycles. The Labute approximate surface area is 167 Å². The standard InChI is InChI=1S/C20H34O8/c1-5-6-7-8-9-10-11-24-19-12-17(26-15(3)22)20(27-16(4)23)18(28-19)13-25-14(2)21/h17-20H,5-13H2,1-4H3/t17-,18-,19?,20+/m1/s1. The molecule has 162 valence electrons. The van der Waals surface area contributed by atoms with Gasteiger partial charge >= 0.3 is 17.9 Å². The first-order chi connectivity index (χ1) is 13.3. The van der Waals surface area contributed by atoms with Gasteiger partial charge in [0, 0.05) is 33.8 Å². The quantitative estimate of drug-likeness (QED) is 0.279. The van der Waals surface area contributed by atoms with E-state index in [2.05, 4.69) is 6.92 Å². The molecule has 1 saturated heterocycles. The lowest BCUT2D eigenvalue weighted by Gasteiger charge is -2.39. The van der Waals surface area contributed by atoms with Crippen LogP contribution in [0.5, 0.6) is 0 Å². The molecule has 0 N–H and O–H groups in total. The van der Waals surface area contributed by atoms with Crippen molar-refractivity contribution < 1.29 is 38.1 Å². The Morgan fingerprint density at radius 1 is 0.893 bits per heavy atom. The van der Waals surface area contributed by atoms with E-state index in [0.717, 1.165) is 12.8 Å². The van der Waals surface area contributed by atoms with Crippen LogP contribution in [0.15, 0.2) is 0 Å². The highest BCUT2D eigenvalue weighted by Crippen LogP contribution is 2.27. The van der Waals surface area contributed by atoms with Gasteiger partial charge in [0.2, 0.25) is 0 Å². The van der Waals surface area contributed by atoms with E-state index < -0.39 is 42.5 Å². The molecule has 1 aliphatic rings. The average Bonchev–Trinajstić information content (AvgIpc) is 2.60. The first kappa shape index (κ1) is 24.4. The molecule has 0 spiro atoms. The Bertz CT molecular complexity index is 493. The molecule has 1 rings (SSSR count). The number of rotatable bonds is 12. The summed E-state index contributed by atoms with van der Waals surface area (Å²) in [6.45, 7) is 6.39. The fraction of sp³-hybridized carbons (Fsp3) is 0.850. The van der Waals surface area contributed by atoms with Gasteiger partial charge in [0.1, 0.15) is 18.8 Å². The highest BCUT2D eigenvalue weighted by atomic mass is 16.7. The average molecular weight is 402 g/mol. The smallest absolute Gasteiger partial charge is 0.303 e. The van der Waals surface area contributed by atoms with E-state index in [-0.39, 0.29) is 13.0 Å². The van der Waals surface area contributed by atoms with Crippen molar-refractivity contribution in [3.05, 3.63) is 0 Å². The van der Waals surface area contributed by atoms with Crippen molar-refractivity contribution in [1.29, 1.82) is 0 Å². The van der Waals surface area contributed by atoms with Crippen LogP contribution in [0.2, 0.25) is 0 Å². The Hall–Kier alpha value is -1.67. The van der Waals surface area contributed by atoms with Crippen molar-refractivity contribution in [2.24, 2.45) is 0 Å². The van der Waals surface area contributed by atoms with E-state index in [9.17, 15) is 14.4 Å². The Morgan fingerprint density at radius 3 is 2.14 bits per heavy atom. The predicted octanol–water partition coefficient (Wildman–Crippen LogP) is 2.91. The van der Waals surface area contributed by atoms with Crippen molar-refractivity contribution >= 4 is 17.9 Å². The molecule has 4 atom stereocenters. The van der Waals surface area contributed by atoms with Crippen molar-refractivity contribution in [3.63, 3.8) is 0 Å². The number of esters is 3. The van der Waals surface area contributed by atoms with Crippen molar-refractivity contribution in [2.45, 2.75) is 97.2 Å². The maximum absolute atomic E-state index is 11.5. The fourth-order valence-corrected chi connectivity index (χ4v) is 3.10. The molecule has 0 radical (unpaired) electrons. The van der Waals surface area contributed by atoms with Gasteiger partial charge in [0.05, 0.1) is 0 Å². The SMILES string of the molecule is CCCCCCCCOC1C[C@@H](OC(C)=O)[C@H](OC(C)=O)[C@@H](COC(C)=O)O1. The summed E-state index contributed by atoms with van der Waals surface area (Å²) in [5.41, 5.74) is 0. The van der Waals surface area contributed by atoms with E-state index in [0.29, 0.717) is 6.61 Å². The van der Waals surface area contributed by atoms with Crippen LogP contribution in [-0.2, 0) is 38.1 Å². The van der Waals surface area contributed by atoms with Crippen LogP contribution in [0.3, 0.4) is 0 Å². The third kappa shape index (κ3) is 10.0. The summed E-state index contributed by atoms with van der Waals surface area (Å²) in [6, 6.07) is 0. The van der Waals surface area contributed by atoms with Gasteiger partial charge in [-0.25, -0.2) is 0 Å². The second kappa shape index (κ2) is 13.5. The predicted molar refractivity (Wildman–Crippen MR) is 100 cm³/mol. The van der Waals surface area contributed by atoms with E-state index in [1.54, 1.807) is 0 Å². The third-order valence-electron chi connectivity index (χ3n) is 4.36. The molecule has 0 aromatic carbocycles. The van der Waals surface area contributed by atoms with Gasteiger partial charge in [-0.15, -0.1) is 0 Å². The fourth-order valence-electron chi connectivity index (χ4n) is 3.10. The molecule has 1 unspecified atom stereocenters. The minimum atomic E-state index is -0.866. The van der Waals surface area contributed by atoms with Crippen LogP contribution < -0.4 is 0 Å². The lowest BCUT2D eigenvalue weighted by molar-refractivity contribution is -0.266. The van der Waals surface area contributed by atoms with Crippen LogP contribution in [-0.4, -0.2) is 55.7 Å². The zero-order valence-corrected chi connectivity index (χ0v) is 17.4. The first-order valence-corrected chi connectivity index (χ1v) is 10.1. The highest BCUT2D eigenvalue weighted by molar-refractivity contribution is 5.67. The Morgan fingerprint density at radius 2 is 1.54 bits per heavy atom. The van der Waals surface area contributed by atoms with Gasteiger partial charge in [-0.3, -0.25) is 14.4 Å². The van der Waals surface area contributed by atoms with Crippen molar-refractivity contribution in [3.8, 4) is 0 Å². The van der Waals surface area contributed by atoms with Crippen molar-refractivity contribution in [2.75, 3.05) is 13.2 Å². The zero-order chi connectivity index (χ0) is 20.9. The molecule has 8 nitrogen and oxygen atoms in total. The molecule has 28 heavy (non-hydrogen) atoms. The first-order valence-electron chi connectivity index (χ1n) is 10.1. The summed E-state index contributed by atoms with van der Waals surface area (Å²) >= 11 is 0. The summed E-state index contributed by atoms with van der Waals surface area (Å²) < 4.78 is 27.3. The van der Waals surface area contributed by atoms with E-state index >= 15 is 0 Å². The molecule has 1 heterocycles. The van der Waals surface area contributed by atoms with Crippen LogP contribution in [0.1, 0.15) is 72.6 Å². The van der Waals surface area contributed by atoms with Gasteiger partial charge < -0.3 is 23.7 Å². The number of ether oxygens (including phenoxy) is 5. The second-order valence-electron chi connectivity index (χ2n) is 7.00. The Balaban J connectivity index is 2.64. The number of hydrogen-bond acceptors (Lipinski definition) is 8. The van der Waals surface area contributed by atoms with Crippen LogP contribution in [0.4, 0.5) is 0 Å². The molecule has 0 aliphatic carbocycles. The van der Waals surface area contributed by atoms with Crippen LogP contribution in [0, 0.1) is 0 Å². The normalized spacial score (nSPS) is 24.4. The lowest BCUT2D eigenvalue weighted by atomic mass is 10.0. The number of unbranched alkanes of at least 4 members (excludes halogenated alkanes) is 5. The molecule has 0 aromatic rings. The number of carbonyl (C=O) groups excluding carboxylic acids is 3. The van der Waals surface area contributed by atoms with E-state index in [1.165, 1.54) is 46.5 Å². The van der Waals surface area contributed by atoms with Crippen LogP contribution in [0.25, 0.3) is 0 Å². The van der Waals surface area contributed by atoms with Gasteiger partial charge in [0.25, 0.3) is 0 Å². The third-order valence-corrected chi connectivity index (χ3v) is 4.36. The molecule has 1 fully saturated rings. The topological polar surface area (TPSA) is 97.4 Å². The molecule has 0 bridgehead atoms. The molecular formula is C20H34O8. The van der Waals surface area contributed by atoms with E-state index in [1.807, 2.05) is 0 Å². The van der Waals surface area contributed by atoms with Gasteiger partial charge in [-0.2, -0.15) is 0 Å². The maximum Gasteiger partial charge on any atom is 0.303 e. The Kier molecular flexibility index (Phi) is 11.7. The minimum absolute atomic E-state index is 0.123. The van der Waals surface area contributed by atoms with Gasteiger partial charge in [-0.05, 0) is 6.42 Å². The van der Waals surface area contributed by atoms with Gasteiger partial charge in [0.15, 0.2) is 12.4 Å². The van der Waals surface area contributed by atoms with Crippen LogP contribution >= 0.6 is 0 Å². The molecule has 1 aliphatic heterocycles. The van der Waals surface area contributed by atoms with Crippen molar-refractivity contribution in [1.82, 2.24) is 0 Å². The van der Waals surface area contributed by atoms with E-state index in [4.69, 9.17) is 23.7 Å². The number of hydrogen-bond donors (Lipinski definition) is 0. The second-order valence-corrected chi connectivity index (χ2v) is 7.00. The summed E-state index contributed by atoms with van der Waals surface area (Å²) in [4.78, 5) is 34.1. The molecule has 8 heteroatoms. The molecular weight excluding hydrogens is 368 g/mol. The monoisotopic (exact) mass is 402 g/mol. The molecule has 0 saturated carbocycles. The summed E-state index contributed by atoms with van der Waals surface area (Å²) in [6.07, 6.45) is 4.05.